The largest absolute Gasteiger partial charge is 0.394 e. The highest BCUT2D eigenvalue weighted by atomic mass is 16.6. The molecule has 0 amide bonds. The molecule has 6 nitrogen and oxygen atoms in total. The molecule has 1 saturated heterocycles. The molecule has 1 N–H and O–H groups in total. The van der Waals surface area contributed by atoms with Crippen molar-refractivity contribution < 1.29 is 10.0 Å². The summed E-state index contributed by atoms with van der Waals surface area (Å²) in [5, 5.41) is 21.0. The lowest BCUT2D eigenvalue weighted by molar-refractivity contribution is -0.384. The van der Waals surface area contributed by atoms with E-state index in [1.807, 2.05) is 12.1 Å². The number of piperidine rings is 1. The van der Waals surface area contributed by atoms with Crippen molar-refractivity contribution in [1.82, 2.24) is 4.98 Å². The Morgan fingerprint density at radius 2 is 2.19 bits per heavy atom. The van der Waals surface area contributed by atoms with Gasteiger partial charge in [-0.3, -0.25) is 10.1 Å². The van der Waals surface area contributed by atoms with Crippen LogP contribution in [0, 0.1) is 10.1 Å². The van der Waals surface area contributed by atoms with Crippen LogP contribution in [0.4, 0.5) is 11.5 Å². The molecule has 2 aromatic rings. The van der Waals surface area contributed by atoms with Gasteiger partial charge in [-0.05, 0) is 37.5 Å². The smallest absolute Gasteiger partial charge is 0.270 e. The minimum absolute atomic E-state index is 0.0725. The second kappa shape index (κ2) is 5.65. The Bertz CT molecular complexity index is 674. The lowest BCUT2D eigenvalue weighted by Crippen LogP contribution is -2.42. The van der Waals surface area contributed by atoms with Gasteiger partial charge in [-0.2, -0.15) is 0 Å². The van der Waals surface area contributed by atoms with Crippen molar-refractivity contribution in [2.24, 2.45) is 0 Å². The number of rotatable bonds is 3. The number of nitrogens with zero attached hydrogens (tertiary/aromatic N) is 3. The average molecular weight is 287 g/mol. The van der Waals surface area contributed by atoms with Gasteiger partial charge in [0.1, 0.15) is 5.82 Å². The van der Waals surface area contributed by atoms with Gasteiger partial charge in [-0.1, -0.05) is 0 Å². The van der Waals surface area contributed by atoms with Gasteiger partial charge in [-0.15, -0.1) is 0 Å². The topological polar surface area (TPSA) is 79.5 Å². The maximum atomic E-state index is 10.8. The fraction of sp³-hybridized carbons (Fsp3) is 0.400. The van der Waals surface area contributed by atoms with Crippen molar-refractivity contribution in [3.8, 4) is 0 Å². The summed E-state index contributed by atoms with van der Waals surface area (Å²) in [6.45, 7) is 1.01. The Balaban J connectivity index is 1.97. The number of pyridine rings is 1. The first-order valence-electron chi connectivity index (χ1n) is 7.12. The monoisotopic (exact) mass is 287 g/mol. The number of fused-ring (bicyclic) bond motifs is 1. The van der Waals surface area contributed by atoms with Crippen LogP contribution in [-0.2, 0) is 0 Å². The second-order valence-corrected chi connectivity index (χ2v) is 5.33. The van der Waals surface area contributed by atoms with Crippen LogP contribution in [0.25, 0.3) is 10.9 Å². The van der Waals surface area contributed by atoms with Gasteiger partial charge >= 0.3 is 0 Å². The average Bonchev–Trinajstić information content (AvgIpc) is 2.53. The van der Waals surface area contributed by atoms with Crippen molar-refractivity contribution in [2.45, 2.75) is 25.3 Å². The predicted octanol–water partition coefficient (Wildman–Crippen LogP) is 2.49. The van der Waals surface area contributed by atoms with Crippen molar-refractivity contribution in [1.29, 1.82) is 0 Å². The van der Waals surface area contributed by atoms with Crippen LogP contribution in [0.2, 0.25) is 0 Å². The SMILES string of the molecule is O=[N+]([O-])c1ccc2nc(N3CCCCC3CO)ccc2c1. The molecule has 2 heterocycles. The molecule has 1 fully saturated rings. The Hall–Kier alpha value is -2.21. The Kier molecular flexibility index (Phi) is 3.70. The molecular weight excluding hydrogens is 270 g/mol. The van der Waals surface area contributed by atoms with Crippen LogP contribution in [-0.4, -0.2) is 34.2 Å². The van der Waals surface area contributed by atoms with E-state index in [9.17, 15) is 15.2 Å². The van der Waals surface area contributed by atoms with E-state index in [1.165, 1.54) is 12.1 Å². The maximum absolute atomic E-state index is 10.8. The van der Waals surface area contributed by atoms with Crippen LogP contribution in [0.5, 0.6) is 0 Å². The van der Waals surface area contributed by atoms with Crippen molar-refractivity contribution >= 4 is 22.4 Å². The lowest BCUT2D eigenvalue weighted by atomic mass is 10.0. The van der Waals surface area contributed by atoms with Gasteiger partial charge in [0.25, 0.3) is 5.69 Å². The maximum Gasteiger partial charge on any atom is 0.270 e. The molecule has 1 aliphatic heterocycles. The number of nitro groups is 1. The van der Waals surface area contributed by atoms with Crippen LogP contribution in [0.3, 0.4) is 0 Å². The highest BCUT2D eigenvalue weighted by molar-refractivity contribution is 5.82. The molecule has 1 aromatic carbocycles. The lowest BCUT2D eigenvalue weighted by Gasteiger charge is -2.35. The number of benzene rings is 1. The number of non-ortho nitro benzene ring substituents is 1. The highest BCUT2D eigenvalue weighted by Gasteiger charge is 2.23. The van der Waals surface area contributed by atoms with Crippen molar-refractivity contribution in [2.75, 3.05) is 18.1 Å². The van der Waals surface area contributed by atoms with E-state index < -0.39 is 4.92 Å². The van der Waals surface area contributed by atoms with Crippen molar-refractivity contribution in [3.05, 3.63) is 40.4 Å². The standard InChI is InChI=1S/C15H17N3O3/c19-10-13-3-1-2-8-17(13)15-7-4-11-9-12(18(20)21)5-6-14(11)16-15/h4-7,9,13,19H,1-3,8,10H2. The molecule has 1 aliphatic rings. The molecule has 0 saturated carbocycles. The zero-order chi connectivity index (χ0) is 14.8. The summed E-state index contributed by atoms with van der Waals surface area (Å²) in [4.78, 5) is 17.1. The van der Waals surface area contributed by atoms with E-state index in [4.69, 9.17) is 0 Å². The van der Waals surface area contributed by atoms with Crippen LogP contribution in [0.15, 0.2) is 30.3 Å². The van der Waals surface area contributed by atoms with Gasteiger partial charge in [0.2, 0.25) is 0 Å². The summed E-state index contributed by atoms with van der Waals surface area (Å²) in [6, 6.07) is 8.52. The molecule has 0 radical (unpaired) electrons. The zero-order valence-corrected chi connectivity index (χ0v) is 11.6. The first kappa shape index (κ1) is 13.8. The first-order chi connectivity index (χ1) is 10.2. The minimum atomic E-state index is -0.403. The number of aliphatic hydroxyl groups is 1. The second-order valence-electron chi connectivity index (χ2n) is 5.33. The van der Waals surface area contributed by atoms with E-state index in [1.54, 1.807) is 6.07 Å². The number of hydrogen-bond acceptors (Lipinski definition) is 5. The molecule has 6 heteroatoms. The van der Waals surface area contributed by atoms with Crippen molar-refractivity contribution in [3.63, 3.8) is 0 Å². The predicted molar refractivity (Wildman–Crippen MR) is 80.5 cm³/mol. The van der Waals surface area contributed by atoms with Crippen LogP contribution >= 0.6 is 0 Å². The number of anilines is 1. The third-order valence-electron chi connectivity index (χ3n) is 4.00. The molecular formula is C15H17N3O3. The molecule has 21 heavy (non-hydrogen) atoms. The summed E-state index contributed by atoms with van der Waals surface area (Å²) in [5.74, 6) is 0.829. The van der Waals surface area contributed by atoms with Gasteiger partial charge in [0.05, 0.1) is 23.1 Å². The van der Waals surface area contributed by atoms with E-state index in [-0.39, 0.29) is 18.3 Å². The summed E-state index contributed by atoms with van der Waals surface area (Å²) < 4.78 is 0. The Morgan fingerprint density at radius 3 is 2.95 bits per heavy atom. The first-order valence-corrected chi connectivity index (χ1v) is 7.12. The van der Waals surface area contributed by atoms with Crippen LogP contribution < -0.4 is 4.90 Å². The molecule has 1 unspecified atom stereocenters. The molecule has 1 aromatic heterocycles. The zero-order valence-electron chi connectivity index (χ0n) is 11.6. The summed E-state index contributed by atoms with van der Waals surface area (Å²) >= 11 is 0. The quantitative estimate of drug-likeness (QED) is 0.693. The third kappa shape index (κ3) is 2.67. The molecule has 3 rings (SSSR count). The number of aromatic nitrogens is 1. The van der Waals surface area contributed by atoms with Gasteiger partial charge < -0.3 is 10.0 Å². The van der Waals surface area contributed by atoms with Gasteiger partial charge in [0, 0.05) is 24.1 Å². The van der Waals surface area contributed by atoms with Crippen LogP contribution in [0.1, 0.15) is 19.3 Å². The summed E-state index contributed by atoms with van der Waals surface area (Å²) in [6.07, 6.45) is 3.19. The summed E-state index contributed by atoms with van der Waals surface area (Å²) in [7, 11) is 0. The highest BCUT2D eigenvalue weighted by Crippen LogP contribution is 2.26. The fourth-order valence-corrected chi connectivity index (χ4v) is 2.87. The Labute approximate surface area is 122 Å². The number of nitro benzene ring substituents is 1. The molecule has 110 valence electrons. The summed E-state index contributed by atoms with van der Waals surface area (Å²) in [5.41, 5.74) is 0.809. The molecule has 0 aliphatic carbocycles. The van der Waals surface area contributed by atoms with Gasteiger partial charge in [-0.25, -0.2) is 4.98 Å². The number of aliphatic hydroxyl groups excluding tert-OH is 1. The van der Waals surface area contributed by atoms with E-state index >= 15 is 0 Å². The van der Waals surface area contributed by atoms with E-state index in [0.29, 0.717) is 0 Å². The third-order valence-corrected chi connectivity index (χ3v) is 4.00. The van der Waals surface area contributed by atoms with E-state index in [0.717, 1.165) is 42.5 Å². The minimum Gasteiger partial charge on any atom is -0.394 e. The molecule has 1 atom stereocenters. The molecule has 0 spiro atoms. The van der Waals surface area contributed by atoms with E-state index in [2.05, 4.69) is 9.88 Å². The number of hydrogen-bond donors (Lipinski definition) is 1. The molecule has 0 bridgehead atoms. The Morgan fingerprint density at radius 1 is 1.33 bits per heavy atom. The fourth-order valence-electron chi connectivity index (χ4n) is 2.87. The normalized spacial score (nSPS) is 18.9. The van der Waals surface area contributed by atoms with Gasteiger partial charge in [0.15, 0.2) is 0 Å².